The fourth-order valence-corrected chi connectivity index (χ4v) is 3.19. The van der Waals surface area contributed by atoms with Crippen LogP contribution in [-0.2, 0) is 22.7 Å². The van der Waals surface area contributed by atoms with Gasteiger partial charge in [0.2, 0.25) is 0 Å². The first-order chi connectivity index (χ1) is 15.6. The fourth-order valence-electron chi connectivity index (χ4n) is 3.19. The van der Waals surface area contributed by atoms with Crippen LogP contribution in [0.2, 0.25) is 0 Å². The third kappa shape index (κ3) is 6.35. The van der Waals surface area contributed by atoms with Crippen molar-refractivity contribution in [2.24, 2.45) is 5.16 Å². The van der Waals surface area contributed by atoms with E-state index in [0.717, 1.165) is 34.4 Å². The number of carbonyl (C=O) groups excluding carboxylic acids is 1. The average Bonchev–Trinajstić information content (AvgIpc) is 2.82. The Morgan fingerprint density at radius 3 is 2.59 bits per heavy atom. The van der Waals surface area contributed by atoms with E-state index in [1.54, 1.807) is 13.2 Å². The molecule has 166 valence electrons. The molecule has 0 heterocycles. The first-order valence-corrected chi connectivity index (χ1v) is 10.5. The summed E-state index contributed by atoms with van der Waals surface area (Å²) >= 11 is 0. The lowest BCUT2D eigenvalue weighted by molar-refractivity contribution is -0.120. The van der Waals surface area contributed by atoms with E-state index in [4.69, 9.17) is 14.3 Å². The summed E-state index contributed by atoms with van der Waals surface area (Å²) in [6, 6.07) is 21.3. The molecule has 0 unspecified atom stereocenters. The molecule has 6 heteroatoms. The second-order valence-corrected chi connectivity index (χ2v) is 7.20. The summed E-state index contributed by atoms with van der Waals surface area (Å²) in [4.78, 5) is 17.4. The molecule has 0 aliphatic rings. The topological polar surface area (TPSA) is 69.2 Å². The first-order valence-electron chi connectivity index (χ1n) is 10.5. The Morgan fingerprint density at radius 1 is 1.03 bits per heavy atom. The molecule has 0 aliphatic heterocycles. The summed E-state index contributed by atoms with van der Waals surface area (Å²) in [5.74, 6) is 0.974. The molecule has 1 N–H and O–H groups in total. The van der Waals surface area contributed by atoms with Gasteiger partial charge in [0.05, 0.1) is 13.3 Å². The highest BCUT2D eigenvalue weighted by Gasteiger charge is 2.09. The van der Waals surface area contributed by atoms with Gasteiger partial charge in [0.1, 0.15) is 6.61 Å². The van der Waals surface area contributed by atoms with Crippen LogP contribution in [0, 0.1) is 6.92 Å². The van der Waals surface area contributed by atoms with Crippen molar-refractivity contribution in [3.05, 3.63) is 89.0 Å². The maximum atomic E-state index is 12.2. The van der Waals surface area contributed by atoms with E-state index in [0.29, 0.717) is 18.1 Å². The Morgan fingerprint density at radius 2 is 1.84 bits per heavy atom. The van der Waals surface area contributed by atoms with Crippen LogP contribution in [0.4, 0.5) is 5.69 Å². The van der Waals surface area contributed by atoms with Gasteiger partial charge in [-0.1, -0.05) is 60.6 Å². The third-order valence-corrected chi connectivity index (χ3v) is 4.90. The number of carbonyl (C=O) groups is 1. The largest absolute Gasteiger partial charge is 0.493 e. The van der Waals surface area contributed by atoms with Gasteiger partial charge in [0.15, 0.2) is 18.1 Å². The lowest BCUT2D eigenvalue weighted by Crippen LogP contribution is -2.18. The summed E-state index contributed by atoms with van der Waals surface area (Å²) in [5.41, 5.74) is 4.78. The molecule has 0 fully saturated rings. The molecular weight excluding hydrogens is 404 g/mol. The van der Waals surface area contributed by atoms with Crippen molar-refractivity contribution in [3.8, 4) is 11.5 Å². The van der Waals surface area contributed by atoms with Crippen LogP contribution in [0.1, 0.15) is 29.2 Å². The molecular formula is C26H28N2O4. The van der Waals surface area contributed by atoms with E-state index >= 15 is 0 Å². The Kier molecular flexibility index (Phi) is 8.26. The zero-order chi connectivity index (χ0) is 22.8. The number of amides is 1. The van der Waals surface area contributed by atoms with E-state index in [1.165, 1.54) is 6.21 Å². The summed E-state index contributed by atoms with van der Waals surface area (Å²) in [5, 5.41) is 6.81. The predicted octanol–water partition coefficient (Wildman–Crippen LogP) is 5.13. The Bertz CT molecular complexity index is 1060. The van der Waals surface area contributed by atoms with Gasteiger partial charge in [0.25, 0.3) is 5.91 Å². The summed E-state index contributed by atoms with van der Waals surface area (Å²) in [6.45, 7) is 4.29. The number of hydrogen-bond donors (Lipinski definition) is 1. The van der Waals surface area contributed by atoms with Gasteiger partial charge < -0.3 is 19.6 Å². The van der Waals surface area contributed by atoms with E-state index < -0.39 is 0 Å². The van der Waals surface area contributed by atoms with Crippen LogP contribution in [0.25, 0.3) is 0 Å². The predicted molar refractivity (Wildman–Crippen MR) is 127 cm³/mol. The van der Waals surface area contributed by atoms with E-state index in [2.05, 4.69) is 17.4 Å². The number of benzene rings is 3. The number of para-hydroxylation sites is 1. The SMILES string of the molecule is CCc1cccc(C)c1NC(=O)CO/N=C/c1ccc(OCc2ccccc2)c(OC)c1. The molecule has 3 aromatic carbocycles. The van der Waals surface area contributed by atoms with E-state index in [9.17, 15) is 4.79 Å². The van der Waals surface area contributed by atoms with Crippen LogP contribution in [-0.4, -0.2) is 25.8 Å². The highest BCUT2D eigenvalue weighted by atomic mass is 16.6. The highest BCUT2D eigenvalue weighted by Crippen LogP contribution is 2.28. The van der Waals surface area contributed by atoms with Gasteiger partial charge in [-0.05, 0) is 48.2 Å². The number of anilines is 1. The molecule has 3 aromatic rings. The van der Waals surface area contributed by atoms with Crippen molar-refractivity contribution in [2.75, 3.05) is 19.0 Å². The second kappa shape index (κ2) is 11.6. The molecule has 0 radical (unpaired) electrons. The van der Waals surface area contributed by atoms with Crippen molar-refractivity contribution < 1.29 is 19.1 Å². The second-order valence-electron chi connectivity index (χ2n) is 7.20. The van der Waals surface area contributed by atoms with Crippen LogP contribution in [0.5, 0.6) is 11.5 Å². The van der Waals surface area contributed by atoms with Crippen LogP contribution < -0.4 is 14.8 Å². The third-order valence-electron chi connectivity index (χ3n) is 4.90. The van der Waals surface area contributed by atoms with Crippen LogP contribution in [0.15, 0.2) is 71.9 Å². The van der Waals surface area contributed by atoms with Gasteiger partial charge in [-0.15, -0.1) is 0 Å². The maximum Gasteiger partial charge on any atom is 0.265 e. The number of nitrogens with zero attached hydrogens (tertiary/aromatic N) is 1. The number of oxime groups is 1. The molecule has 6 nitrogen and oxygen atoms in total. The minimum atomic E-state index is -0.256. The molecule has 0 aromatic heterocycles. The number of rotatable bonds is 10. The van der Waals surface area contributed by atoms with Gasteiger partial charge in [-0.2, -0.15) is 0 Å². The van der Waals surface area contributed by atoms with E-state index in [-0.39, 0.29) is 12.5 Å². The minimum Gasteiger partial charge on any atom is -0.493 e. The summed E-state index contributed by atoms with van der Waals surface area (Å²) in [6.07, 6.45) is 2.37. The quantitative estimate of drug-likeness (QED) is 0.356. The maximum absolute atomic E-state index is 12.2. The van der Waals surface area contributed by atoms with Crippen molar-refractivity contribution in [3.63, 3.8) is 0 Å². The van der Waals surface area contributed by atoms with Crippen molar-refractivity contribution in [1.82, 2.24) is 0 Å². The molecule has 0 spiro atoms. The molecule has 32 heavy (non-hydrogen) atoms. The molecule has 1 amide bonds. The number of ether oxygens (including phenoxy) is 2. The smallest absolute Gasteiger partial charge is 0.265 e. The Hall–Kier alpha value is -3.80. The number of nitrogens with one attached hydrogen (secondary N) is 1. The molecule has 3 rings (SSSR count). The normalized spacial score (nSPS) is 10.7. The summed E-state index contributed by atoms with van der Waals surface area (Å²) in [7, 11) is 1.59. The highest BCUT2D eigenvalue weighted by molar-refractivity contribution is 5.93. The van der Waals surface area contributed by atoms with Gasteiger partial charge in [-0.25, -0.2) is 0 Å². The number of methoxy groups -OCH3 is 1. The lowest BCUT2D eigenvalue weighted by Gasteiger charge is -2.12. The molecule has 0 atom stereocenters. The zero-order valence-electron chi connectivity index (χ0n) is 18.6. The van der Waals surface area contributed by atoms with Crippen molar-refractivity contribution >= 4 is 17.8 Å². The van der Waals surface area contributed by atoms with Gasteiger partial charge >= 0.3 is 0 Å². The minimum absolute atomic E-state index is 0.177. The fraction of sp³-hybridized carbons (Fsp3) is 0.231. The standard InChI is InChI=1S/C26H28N2O4/c1-4-22-12-8-9-19(2)26(22)28-25(29)18-32-27-16-21-13-14-23(24(15-21)30-3)31-17-20-10-6-5-7-11-20/h5-16H,4,17-18H2,1-3H3,(H,28,29)/b27-16+. The Labute approximate surface area is 188 Å². The number of hydrogen-bond acceptors (Lipinski definition) is 5. The summed E-state index contributed by atoms with van der Waals surface area (Å²) < 4.78 is 11.3. The molecule has 0 saturated carbocycles. The molecule has 0 saturated heterocycles. The van der Waals surface area contributed by atoms with E-state index in [1.807, 2.05) is 67.6 Å². The molecule has 0 bridgehead atoms. The monoisotopic (exact) mass is 432 g/mol. The van der Waals surface area contributed by atoms with Crippen LogP contribution >= 0.6 is 0 Å². The number of aryl methyl sites for hydroxylation is 2. The Balaban J connectivity index is 1.53. The first kappa shape index (κ1) is 22.9. The average molecular weight is 433 g/mol. The van der Waals surface area contributed by atoms with Crippen molar-refractivity contribution in [1.29, 1.82) is 0 Å². The van der Waals surface area contributed by atoms with Gasteiger partial charge in [-0.3, -0.25) is 4.79 Å². The molecule has 0 aliphatic carbocycles. The van der Waals surface area contributed by atoms with Crippen LogP contribution in [0.3, 0.4) is 0 Å². The van der Waals surface area contributed by atoms with Crippen molar-refractivity contribution in [2.45, 2.75) is 26.9 Å². The zero-order valence-corrected chi connectivity index (χ0v) is 18.6. The lowest BCUT2D eigenvalue weighted by atomic mass is 10.1. The van der Waals surface area contributed by atoms with Gasteiger partial charge in [0, 0.05) is 11.3 Å².